The molecule has 2 fully saturated rings. The fourth-order valence-electron chi connectivity index (χ4n) is 5.18. The second kappa shape index (κ2) is 10.5. The number of likely N-dealkylation sites (tertiary alicyclic amines) is 1. The molecule has 0 N–H and O–H groups in total. The number of fused-ring (bicyclic) bond motifs is 1. The first-order valence-corrected chi connectivity index (χ1v) is 12.4. The highest BCUT2D eigenvalue weighted by Crippen LogP contribution is 2.34. The van der Waals surface area contributed by atoms with E-state index in [0.717, 1.165) is 38.0 Å². The maximum absolute atomic E-state index is 12.8. The molecular weight excluding hydrogens is 446 g/mol. The van der Waals surface area contributed by atoms with Gasteiger partial charge in [-0.15, -0.1) is 0 Å². The van der Waals surface area contributed by atoms with E-state index in [1.54, 1.807) is 4.90 Å². The van der Waals surface area contributed by atoms with Gasteiger partial charge in [0.05, 0.1) is 11.8 Å². The smallest absolute Gasteiger partial charge is 0.242 e. The molecule has 0 spiro atoms. The maximum Gasteiger partial charge on any atom is 0.242 e. The monoisotopic (exact) mass is 477 g/mol. The van der Waals surface area contributed by atoms with E-state index >= 15 is 0 Å². The summed E-state index contributed by atoms with van der Waals surface area (Å²) in [6.45, 7) is 3.50. The van der Waals surface area contributed by atoms with Crippen LogP contribution in [0.25, 0.3) is 0 Å². The van der Waals surface area contributed by atoms with Crippen LogP contribution in [0.5, 0.6) is 0 Å². The number of carbonyl (C=O) groups is 3. The molecule has 35 heavy (non-hydrogen) atoms. The zero-order valence-corrected chi connectivity index (χ0v) is 19.8. The summed E-state index contributed by atoms with van der Waals surface area (Å²) in [5, 5.41) is 4.08. The summed E-state index contributed by atoms with van der Waals surface area (Å²) >= 11 is 0. The van der Waals surface area contributed by atoms with E-state index in [9.17, 15) is 14.4 Å². The van der Waals surface area contributed by atoms with Crippen LogP contribution in [0.1, 0.15) is 36.5 Å². The van der Waals surface area contributed by atoms with Crippen molar-refractivity contribution < 1.29 is 18.9 Å². The van der Waals surface area contributed by atoms with Crippen molar-refractivity contribution in [3.05, 3.63) is 59.8 Å². The van der Waals surface area contributed by atoms with Crippen LogP contribution >= 0.6 is 0 Å². The summed E-state index contributed by atoms with van der Waals surface area (Å²) in [6.07, 6.45) is 7.38. The molecule has 3 aliphatic rings. The molecule has 0 saturated carbocycles. The van der Waals surface area contributed by atoms with Crippen molar-refractivity contribution in [3.63, 3.8) is 0 Å². The Bertz CT molecular complexity index is 1060. The first-order chi connectivity index (χ1) is 17.1. The molecule has 184 valence electrons. The van der Waals surface area contributed by atoms with Gasteiger partial charge in [-0.25, -0.2) is 0 Å². The van der Waals surface area contributed by atoms with Gasteiger partial charge in [-0.3, -0.25) is 24.2 Å². The molecule has 3 heterocycles. The van der Waals surface area contributed by atoms with Crippen LogP contribution in [0.3, 0.4) is 0 Å². The molecule has 2 saturated heterocycles. The predicted octanol–water partition coefficient (Wildman–Crippen LogP) is 1.69. The topological polar surface area (TPSA) is 99.9 Å². The normalized spacial score (nSPS) is 22.6. The molecule has 9 nitrogen and oxygen atoms in total. The van der Waals surface area contributed by atoms with Crippen LogP contribution in [0.4, 0.5) is 0 Å². The lowest BCUT2D eigenvalue weighted by Crippen LogP contribution is -2.52. The van der Waals surface area contributed by atoms with Crippen LogP contribution in [-0.4, -0.2) is 81.8 Å². The molecule has 0 radical (unpaired) electrons. The third kappa shape index (κ3) is 5.35. The van der Waals surface area contributed by atoms with Gasteiger partial charge in [0.25, 0.3) is 0 Å². The Morgan fingerprint density at radius 1 is 0.971 bits per heavy atom. The van der Waals surface area contributed by atoms with Gasteiger partial charge >= 0.3 is 0 Å². The zero-order chi connectivity index (χ0) is 24.2. The molecule has 1 aromatic heterocycles. The van der Waals surface area contributed by atoms with E-state index in [0.29, 0.717) is 44.1 Å². The Morgan fingerprint density at radius 3 is 2.34 bits per heavy atom. The number of hydrogen-bond donors (Lipinski definition) is 0. The van der Waals surface area contributed by atoms with E-state index < -0.39 is 0 Å². The van der Waals surface area contributed by atoms with Crippen molar-refractivity contribution in [1.82, 2.24) is 24.8 Å². The van der Waals surface area contributed by atoms with Crippen LogP contribution < -0.4 is 0 Å². The van der Waals surface area contributed by atoms with Gasteiger partial charge in [-0.2, -0.15) is 4.98 Å². The first kappa shape index (κ1) is 23.4. The van der Waals surface area contributed by atoms with E-state index in [1.807, 2.05) is 42.5 Å². The maximum atomic E-state index is 12.8. The highest BCUT2D eigenvalue weighted by atomic mass is 16.5. The summed E-state index contributed by atoms with van der Waals surface area (Å²) < 4.78 is 5.39. The van der Waals surface area contributed by atoms with Crippen molar-refractivity contribution in [2.45, 2.75) is 32.1 Å². The Morgan fingerprint density at radius 2 is 1.66 bits per heavy atom. The average Bonchev–Trinajstić information content (AvgIpc) is 3.43. The van der Waals surface area contributed by atoms with Gasteiger partial charge in [0.15, 0.2) is 5.82 Å². The Balaban J connectivity index is 1.02. The molecule has 3 amide bonds. The fraction of sp³-hybridized carbons (Fsp3) is 0.500. The number of carbonyl (C=O) groups excluding carboxylic acids is 3. The van der Waals surface area contributed by atoms with Gasteiger partial charge in [0.2, 0.25) is 23.6 Å². The van der Waals surface area contributed by atoms with Crippen molar-refractivity contribution in [2.75, 3.05) is 39.3 Å². The summed E-state index contributed by atoms with van der Waals surface area (Å²) in [7, 11) is 0. The quantitative estimate of drug-likeness (QED) is 0.421. The van der Waals surface area contributed by atoms with E-state index in [2.05, 4.69) is 15.0 Å². The van der Waals surface area contributed by atoms with E-state index in [1.165, 1.54) is 4.90 Å². The van der Waals surface area contributed by atoms with Gasteiger partial charge in [0, 0.05) is 39.0 Å². The largest absolute Gasteiger partial charge is 0.339 e. The lowest BCUT2D eigenvalue weighted by atomic mass is 9.85. The van der Waals surface area contributed by atoms with Crippen molar-refractivity contribution in [1.29, 1.82) is 0 Å². The van der Waals surface area contributed by atoms with Gasteiger partial charge in [0.1, 0.15) is 6.54 Å². The number of hydrogen-bond acceptors (Lipinski definition) is 7. The van der Waals surface area contributed by atoms with Gasteiger partial charge < -0.3 is 9.42 Å². The summed E-state index contributed by atoms with van der Waals surface area (Å²) in [6, 6.07) is 10.1. The van der Waals surface area contributed by atoms with Crippen LogP contribution in [-0.2, 0) is 27.2 Å². The number of piperazine rings is 1. The Labute approximate surface area is 204 Å². The number of nitrogens with zero attached hydrogens (tertiary/aromatic N) is 5. The number of aromatic nitrogens is 2. The third-order valence-corrected chi connectivity index (χ3v) is 7.20. The first-order valence-electron chi connectivity index (χ1n) is 12.4. The third-order valence-electron chi connectivity index (χ3n) is 7.20. The molecule has 9 heteroatoms. The predicted molar refractivity (Wildman–Crippen MR) is 127 cm³/mol. The number of rotatable bonds is 8. The number of aryl methyl sites for hydroxylation is 1. The zero-order valence-electron chi connectivity index (χ0n) is 19.8. The van der Waals surface area contributed by atoms with Crippen molar-refractivity contribution >= 4 is 17.7 Å². The van der Waals surface area contributed by atoms with E-state index in [-0.39, 0.29) is 36.1 Å². The van der Waals surface area contributed by atoms with Crippen LogP contribution in [0, 0.1) is 11.8 Å². The standard InChI is InChI=1S/C26H31N5O4/c32-24(18-31-25(33)20-9-4-5-10-21(20)26(31)34)30-15-13-29(14-16-30)12-6-11-23-27-22(28-35-23)17-19-7-2-1-3-8-19/h1-5,7-8,20-21H,6,9-18H2. The minimum Gasteiger partial charge on any atom is -0.339 e. The summed E-state index contributed by atoms with van der Waals surface area (Å²) in [4.78, 5) is 47.8. The number of allylic oxidation sites excluding steroid dienone is 2. The average molecular weight is 478 g/mol. The second-order valence-electron chi connectivity index (χ2n) is 9.51. The molecule has 2 aromatic rings. The number of benzene rings is 1. The molecule has 2 aliphatic heterocycles. The summed E-state index contributed by atoms with van der Waals surface area (Å²) in [5.74, 6) is 0.253. The lowest BCUT2D eigenvalue weighted by molar-refractivity contribution is -0.147. The summed E-state index contributed by atoms with van der Waals surface area (Å²) in [5.41, 5.74) is 1.15. The van der Waals surface area contributed by atoms with Gasteiger partial charge in [-0.05, 0) is 31.4 Å². The van der Waals surface area contributed by atoms with Gasteiger partial charge in [-0.1, -0.05) is 47.6 Å². The van der Waals surface area contributed by atoms with Crippen LogP contribution in [0.15, 0.2) is 47.0 Å². The molecule has 2 unspecified atom stereocenters. The van der Waals surface area contributed by atoms with Crippen LogP contribution in [0.2, 0.25) is 0 Å². The Kier molecular flexibility index (Phi) is 7.03. The Hall–Kier alpha value is -3.33. The highest BCUT2D eigenvalue weighted by Gasteiger charge is 2.48. The molecule has 1 aromatic carbocycles. The molecule has 1 aliphatic carbocycles. The van der Waals surface area contributed by atoms with Crippen molar-refractivity contribution in [2.24, 2.45) is 11.8 Å². The SMILES string of the molecule is O=C(CN1C(=O)C2CC=CCC2C1=O)N1CCN(CCCc2nc(Cc3ccccc3)no2)CC1. The highest BCUT2D eigenvalue weighted by molar-refractivity contribution is 6.07. The lowest BCUT2D eigenvalue weighted by Gasteiger charge is -2.35. The number of imide groups is 1. The molecule has 2 atom stereocenters. The molecule has 0 bridgehead atoms. The molecule has 5 rings (SSSR count). The van der Waals surface area contributed by atoms with E-state index in [4.69, 9.17) is 4.52 Å². The molecular formula is C26H31N5O4. The minimum atomic E-state index is -0.287. The fourth-order valence-corrected chi connectivity index (χ4v) is 5.18. The second-order valence-corrected chi connectivity index (χ2v) is 9.51. The minimum absolute atomic E-state index is 0.132. The van der Waals surface area contributed by atoms with Crippen molar-refractivity contribution in [3.8, 4) is 0 Å². The number of amides is 3.